The highest BCUT2D eigenvalue weighted by molar-refractivity contribution is 6.00. The molecule has 2 aromatic carbocycles. The van der Waals surface area contributed by atoms with Crippen molar-refractivity contribution in [3.8, 4) is 11.5 Å². The molecular formula is C59H81N11O13. The highest BCUT2D eigenvalue weighted by atomic mass is 16.3. The van der Waals surface area contributed by atoms with Gasteiger partial charge in [-0.25, -0.2) is 0 Å². The Morgan fingerprint density at radius 2 is 0.675 bits per heavy atom. The Bertz CT molecular complexity index is 2760. The van der Waals surface area contributed by atoms with Gasteiger partial charge in [0.1, 0.15) is 65.9 Å². The van der Waals surface area contributed by atoms with E-state index in [0.29, 0.717) is 62.5 Å². The molecule has 6 aliphatic heterocycles. The average Bonchev–Trinajstić information content (AvgIpc) is 4.49. The predicted octanol–water partition coefficient (Wildman–Crippen LogP) is 0.115. The van der Waals surface area contributed by atoms with Gasteiger partial charge in [0.15, 0.2) is 0 Å². The number of hydrogen-bond donors (Lipinski definition) is 8. The minimum atomic E-state index is -1.36. The Morgan fingerprint density at radius 3 is 1.08 bits per heavy atom. The van der Waals surface area contributed by atoms with Crippen LogP contribution in [0.5, 0.6) is 11.5 Å². The second-order valence-electron chi connectivity index (χ2n) is 23.7. The van der Waals surface area contributed by atoms with Crippen LogP contribution in [0.2, 0.25) is 0 Å². The quantitative estimate of drug-likeness (QED) is 0.174. The van der Waals surface area contributed by atoms with E-state index in [9.17, 15) is 63.0 Å². The molecule has 6 heterocycles. The summed E-state index contributed by atoms with van der Waals surface area (Å²) in [4.78, 5) is 165. The molecule has 6 fully saturated rings. The maximum absolute atomic E-state index is 14.6. The molecule has 0 radical (unpaired) electrons. The number of nitrogens with zero attached hydrogens (tertiary/aromatic N) is 5. The molecule has 0 bridgehead atoms. The Kier molecular flexibility index (Phi) is 20.3. The lowest BCUT2D eigenvalue weighted by molar-refractivity contribution is -0.150. The fraction of sp³-hybridized carbons (Fsp3) is 0.610. The van der Waals surface area contributed by atoms with Crippen molar-refractivity contribution < 1.29 is 63.0 Å². The van der Waals surface area contributed by atoms with Gasteiger partial charge in [-0.15, -0.1) is 0 Å². The molecule has 24 nitrogen and oxygen atoms in total. The van der Waals surface area contributed by atoms with Gasteiger partial charge in [0.2, 0.25) is 65.0 Å². The number of benzene rings is 2. The maximum Gasteiger partial charge on any atom is 0.246 e. The first-order valence-corrected chi connectivity index (χ1v) is 29.5. The SMILES string of the molecule is CC(C)CC1NC(=O)C(CC(C)C)NC(=O)C2CCCN2C(=O)C2CCCN2C(=O)C2CCCN2C(=O)CNC(=O)C(Cc2ccc(O)cc2)NC(=O)C(Cc2ccc(O)cc2)NC(=O)C2CCCN2C(=O)C2CCCN2C(=O)CNC1=O. The van der Waals surface area contributed by atoms with Crippen LogP contribution in [0.3, 0.4) is 0 Å². The third-order valence-corrected chi connectivity index (χ3v) is 16.7. The summed E-state index contributed by atoms with van der Waals surface area (Å²) in [6.45, 7) is 7.43. The molecule has 83 heavy (non-hydrogen) atoms. The normalized spacial score (nSPS) is 28.0. The van der Waals surface area contributed by atoms with Gasteiger partial charge in [0.05, 0.1) is 13.1 Å². The highest BCUT2D eigenvalue weighted by Crippen LogP contribution is 2.30. The molecule has 6 saturated heterocycles. The van der Waals surface area contributed by atoms with Gasteiger partial charge in [-0.3, -0.25) is 52.7 Å². The number of hydrogen-bond acceptors (Lipinski definition) is 13. The monoisotopic (exact) mass is 1150 g/mol. The summed E-state index contributed by atoms with van der Waals surface area (Å²) in [5.74, 6) is -6.86. The molecule has 8 N–H and O–H groups in total. The van der Waals surface area contributed by atoms with E-state index in [0.717, 1.165) is 0 Å². The summed E-state index contributed by atoms with van der Waals surface area (Å²) >= 11 is 0. The number of carbonyl (C=O) groups is 11. The molecule has 450 valence electrons. The Hall–Kier alpha value is -7.79. The summed E-state index contributed by atoms with van der Waals surface area (Å²) in [6, 6.07) is 2.08. The lowest BCUT2D eigenvalue weighted by Gasteiger charge is -2.34. The topological polar surface area (TPSA) is 317 Å². The summed E-state index contributed by atoms with van der Waals surface area (Å²) in [5, 5.41) is 36.7. The second kappa shape index (κ2) is 27.5. The van der Waals surface area contributed by atoms with Gasteiger partial charge in [-0.1, -0.05) is 52.0 Å². The number of amides is 11. The van der Waals surface area contributed by atoms with Crippen molar-refractivity contribution in [1.29, 1.82) is 0 Å². The summed E-state index contributed by atoms with van der Waals surface area (Å²) in [5.41, 5.74) is 1.05. The number of nitrogens with one attached hydrogen (secondary N) is 6. The van der Waals surface area contributed by atoms with Crippen LogP contribution in [0.4, 0.5) is 0 Å². The average molecular weight is 1150 g/mol. The smallest absolute Gasteiger partial charge is 0.246 e. The summed E-state index contributed by atoms with van der Waals surface area (Å²) in [7, 11) is 0. The molecule has 2 aromatic rings. The molecule has 11 amide bonds. The van der Waals surface area contributed by atoms with Gasteiger partial charge in [0.25, 0.3) is 0 Å². The van der Waals surface area contributed by atoms with E-state index in [1.54, 1.807) is 24.3 Å². The molecule has 0 aromatic heterocycles. The lowest BCUT2D eigenvalue weighted by Crippen LogP contribution is -2.59. The fourth-order valence-corrected chi connectivity index (χ4v) is 12.5. The van der Waals surface area contributed by atoms with E-state index in [1.807, 2.05) is 27.7 Å². The zero-order valence-electron chi connectivity index (χ0n) is 47.9. The molecule has 9 unspecified atom stereocenters. The Morgan fingerprint density at radius 1 is 0.386 bits per heavy atom. The van der Waals surface area contributed by atoms with E-state index in [4.69, 9.17) is 0 Å². The predicted molar refractivity (Wildman–Crippen MR) is 300 cm³/mol. The number of phenols is 2. The van der Waals surface area contributed by atoms with E-state index in [2.05, 4.69) is 31.9 Å². The maximum atomic E-state index is 14.6. The summed E-state index contributed by atoms with van der Waals surface area (Å²) in [6.07, 6.45) is 3.87. The van der Waals surface area contributed by atoms with E-state index in [1.165, 1.54) is 48.8 Å². The third-order valence-electron chi connectivity index (χ3n) is 16.7. The molecule has 0 spiro atoms. The van der Waals surface area contributed by atoms with Crippen LogP contribution in [0, 0.1) is 11.8 Å². The third kappa shape index (κ3) is 15.1. The molecule has 0 aliphatic carbocycles. The van der Waals surface area contributed by atoms with Crippen molar-refractivity contribution in [3.05, 3.63) is 59.7 Å². The van der Waals surface area contributed by atoms with Crippen molar-refractivity contribution in [3.63, 3.8) is 0 Å². The molecule has 9 atom stereocenters. The number of aromatic hydroxyl groups is 2. The van der Waals surface area contributed by atoms with Crippen LogP contribution < -0.4 is 31.9 Å². The first-order valence-electron chi connectivity index (χ1n) is 29.5. The minimum absolute atomic E-state index is 0.0437. The number of phenolic OH excluding ortho intramolecular Hbond substituents is 2. The van der Waals surface area contributed by atoms with Crippen molar-refractivity contribution in [1.82, 2.24) is 56.4 Å². The van der Waals surface area contributed by atoms with Gasteiger partial charge in [0, 0.05) is 45.6 Å². The van der Waals surface area contributed by atoms with Crippen LogP contribution in [0.25, 0.3) is 0 Å². The number of carbonyl (C=O) groups excluding carboxylic acids is 11. The van der Waals surface area contributed by atoms with Crippen LogP contribution in [-0.4, -0.2) is 200 Å². The minimum Gasteiger partial charge on any atom is -0.508 e. The van der Waals surface area contributed by atoms with Gasteiger partial charge < -0.3 is 66.6 Å². The zero-order valence-corrected chi connectivity index (χ0v) is 47.9. The van der Waals surface area contributed by atoms with E-state index in [-0.39, 0.29) is 94.6 Å². The Balaban J connectivity index is 1.09. The van der Waals surface area contributed by atoms with Gasteiger partial charge >= 0.3 is 0 Å². The van der Waals surface area contributed by atoms with Crippen LogP contribution >= 0.6 is 0 Å². The van der Waals surface area contributed by atoms with Crippen LogP contribution in [-0.2, 0) is 65.6 Å². The van der Waals surface area contributed by atoms with Crippen molar-refractivity contribution in [2.75, 3.05) is 45.8 Å². The first-order chi connectivity index (χ1) is 39.7. The largest absolute Gasteiger partial charge is 0.508 e. The van der Waals surface area contributed by atoms with Gasteiger partial charge in [-0.05, 0) is 124 Å². The van der Waals surface area contributed by atoms with Crippen LogP contribution in [0.1, 0.15) is 116 Å². The van der Waals surface area contributed by atoms with Crippen LogP contribution in [0.15, 0.2) is 48.5 Å². The van der Waals surface area contributed by atoms with Gasteiger partial charge in [-0.2, -0.15) is 0 Å². The molecule has 6 aliphatic rings. The van der Waals surface area contributed by atoms with Crippen molar-refractivity contribution >= 4 is 65.0 Å². The van der Waals surface area contributed by atoms with E-state index < -0.39 is 132 Å². The fourth-order valence-electron chi connectivity index (χ4n) is 12.5. The van der Waals surface area contributed by atoms with Crippen molar-refractivity contribution in [2.45, 2.75) is 172 Å². The first kappa shape index (κ1) is 61.3. The number of fused-ring (bicyclic) bond motifs is 5. The summed E-state index contributed by atoms with van der Waals surface area (Å²) < 4.78 is 0. The molecule has 0 saturated carbocycles. The number of rotatable bonds is 8. The second-order valence-corrected chi connectivity index (χ2v) is 23.7. The van der Waals surface area contributed by atoms with E-state index >= 15 is 0 Å². The molecular weight excluding hydrogens is 1070 g/mol. The molecule has 24 heteroatoms. The standard InChI is InChI=1S/C59H81N11O13/c1-34(2)28-40-51(75)60-32-49(73)66-23-7-12-46(66)57(81)68-25-5-11-45(68)56(80)65-43(31-37-17-21-39(72)22-18-37)54(78)63-42(30-36-15-19-38(71)20-16-36)52(76)61-33-50(74)67-24-8-13-47(67)58(82)70-27-9-14-48(70)59(83)69-26-6-10-44(69)55(79)64-41(29-35(3)4)53(77)62-40/h15-22,34-35,40-48,71-72H,5-14,23-33H2,1-4H3,(H,60,75)(H,61,76)(H,62,77)(H,63,78)(H,64,79)(H,65,80). The Labute approximate surface area is 483 Å². The highest BCUT2D eigenvalue weighted by Gasteiger charge is 2.47. The lowest BCUT2D eigenvalue weighted by atomic mass is 9.99. The zero-order chi connectivity index (χ0) is 59.6. The molecule has 8 rings (SSSR count). The van der Waals surface area contributed by atoms with Crippen molar-refractivity contribution in [2.24, 2.45) is 11.8 Å².